The molecule has 0 aromatic carbocycles. The molecule has 2 heterocycles. The van der Waals surface area contributed by atoms with Crippen LogP contribution in [0.25, 0.3) is 0 Å². The maximum atomic E-state index is 12.5. The van der Waals surface area contributed by atoms with Crippen LogP contribution in [0, 0.1) is 18.8 Å². The zero-order valence-corrected chi connectivity index (χ0v) is 21.2. The lowest BCUT2D eigenvalue weighted by molar-refractivity contribution is -0.0878. The second-order valence-corrected chi connectivity index (χ2v) is 11.5. The molecule has 0 spiro atoms. The lowest BCUT2D eigenvalue weighted by Crippen LogP contribution is -2.50. The minimum absolute atomic E-state index is 0.0520. The molecule has 1 saturated heterocycles. The van der Waals surface area contributed by atoms with Gasteiger partial charge in [-0.3, -0.25) is 18.9 Å². The quantitative estimate of drug-likeness (QED) is 0.159. The lowest BCUT2D eigenvalue weighted by Gasteiger charge is -2.30. The number of aliphatic hydroxyl groups is 1. The molecule has 35 heavy (non-hydrogen) atoms. The summed E-state index contributed by atoms with van der Waals surface area (Å²) in [4.78, 5) is 62.4. The van der Waals surface area contributed by atoms with Crippen LogP contribution in [0.5, 0.6) is 0 Å². The molecule has 198 valence electrons. The van der Waals surface area contributed by atoms with Crippen LogP contribution in [0.1, 0.15) is 25.8 Å². The number of aromatic nitrogens is 2. The highest BCUT2D eigenvalue weighted by Crippen LogP contribution is 2.66. The van der Waals surface area contributed by atoms with Gasteiger partial charge in [-0.1, -0.05) is 5.92 Å². The molecule has 6 N–H and O–H groups in total. The Bertz CT molecular complexity index is 1270. The Labute approximate surface area is 197 Å². The first kappa shape index (κ1) is 29.8. The highest BCUT2D eigenvalue weighted by Gasteiger charge is 2.59. The van der Waals surface area contributed by atoms with Crippen molar-refractivity contribution in [2.45, 2.75) is 50.9 Å². The van der Waals surface area contributed by atoms with E-state index in [-0.39, 0.29) is 5.69 Å². The van der Waals surface area contributed by atoms with E-state index in [2.05, 4.69) is 20.5 Å². The number of ether oxygens (including phenoxy) is 2. The van der Waals surface area contributed by atoms with Gasteiger partial charge < -0.3 is 34.2 Å². The SMILES string of the molecule is CC#CC1(O)[C@@H](OC)[C@@H]([C@@H](C)OP(=O)(O)OP(=O)(O)OP(=O)(O)O)O[C@H]1n1c(C)cc(=O)[nH]c1=O. The van der Waals surface area contributed by atoms with Crippen molar-refractivity contribution in [3.63, 3.8) is 0 Å². The topological polar surface area (TPSA) is 253 Å². The summed E-state index contributed by atoms with van der Waals surface area (Å²) in [5, 5.41) is 11.3. The first-order chi connectivity index (χ1) is 15.9. The zero-order chi connectivity index (χ0) is 27.0. The number of nitrogens with zero attached hydrogens (tertiary/aromatic N) is 1. The van der Waals surface area contributed by atoms with E-state index in [1.54, 1.807) is 0 Å². The number of rotatable bonds is 9. The summed E-state index contributed by atoms with van der Waals surface area (Å²) in [6, 6.07) is 1.04. The standard InChI is InChI=1S/C15H23N2O15P3/c1-5-6-15(20)12(28-4)11(29-13(15)17-8(2)7-10(18)16-14(17)19)9(3)30-34(24,25)32-35(26,27)31-33(21,22)23/h7,9,11-13,20H,1-4H3,(H,24,25)(H,26,27)(H,16,18,19)(H2,21,22,23)/t9-,11-,12+,13-,15?/m1/s1. The molecule has 0 radical (unpaired) electrons. The van der Waals surface area contributed by atoms with Gasteiger partial charge in [0.15, 0.2) is 11.8 Å². The van der Waals surface area contributed by atoms with Crippen molar-refractivity contribution in [2.75, 3.05) is 7.11 Å². The average molecular weight is 564 g/mol. The normalized spacial score (nSPS) is 29.0. The summed E-state index contributed by atoms with van der Waals surface area (Å²) < 4.78 is 58.5. The smallest absolute Gasteiger partial charge is 0.374 e. The monoisotopic (exact) mass is 564 g/mol. The van der Waals surface area contributed by atoms with Crippen molar-refractivity contribution >= 4 is 23.5 Å². The van der Waals surface area contributed by atoms with Crippen molar-refractivity contribution in [1.82, 2.24) is 9.55 Å². The van der Waals surface area contributed by atoms with E-state index in [1.807, 2.05) is 4.98 Å². The van der Waals surface area contributed by atoms with Gasteiger partial charge >= 0.3 is 29.2 Å². The van der Waals surface area contributed by atoms with Crippen molar-refractivity contribution < 1.29 is 61.0 Å². The summed E-state index contributed by atoms with van der Waals surface area (Å²) >= 11 is 0. The number of H-pyrrole nitrogens is 1. The third kappa shape index (κ3) is 7.06. The summed E-state index contributed by atoms with van der Waals surface area (Å²) in [6.45, 7) is 3.82. The molecule has 0 bridgehead atoms. The lowest BCUT2D eigenvalue weighted by atomic mass is 9.92. The van der Waals surface area contributed by atoms with Gasteiger partial charge in [-0.05, 0) is 20.8 Å². The Kier molecular flexibility index (Phi) is 8.92. The van der Waals surface area contributed by atoms with Crippen LogP contribution >= 0.6 is 23.5 Å². The second kappa shape index (κ2) is 10.5. The molecule has 20 heteroatoms. The number of aromatic amines is 1. The van der Waals surface area contributed by atoms with Gasteiger partial charge in [0, 0.05) is 18.9 Å². The number of hydrogen-bond donors (Lipinski definition) is 6. The number of phosphoric ester groups is 1. The van der Waals surface area contributed by atoms with E-state index in [1.165, 1.54) is 13.8 Å². The maximum Gasteiger partial charge on any atom is 0.490 e. The molecule has 1 aliphatic rings. The van der Waals surface area contributed by atoms with Crippen LogP contribution in [-0.2, 0) is 36.3 Å². The van der Waals surface area contributed by atoms with Crippen LogP contribution in [-0.4, -0.2) is 65.3 Å². The van der Waals surface area contributed by atoms with Crippen molar-refractivity contribution in [3.8, 4) is 11.8 Å². The van der Waals surface area contributed by atoms with Crippen LogP contribution in [0.15, 0.2) is 15.7 Å². The zero-order valence-electron chi connectivity index (χ0n) is 18.5. The summed E-state index contributed by atoms with van der Waals surface area (Å²) in [6.07, 6.45) is -6.22. The predicted molar refractivity (Wildman–Crippen MR) is 114 cm³/mol. The summed E-state index contributed by atoms with van der Waals surface area (Å²) in [5.74, 6) is 4.89. The number of nitrogens with one attached hydrogen (secondary N) is 1. The Morgan fingerprint density at radius 1 is 1.17 bits per heavy atom. The van der Waals surface area contributed by atoms with Gasteiger partial charge in [0.25, 0.3) is 5.56 Å². The van der Waals surface area contributed by atoms with E-state index in [0.717, 1.165) is 24.7 Å². The number of methoxy groups -OCH3 is 1. The van der Waals surface area contributed by atoms with Gasteiger partial charge in [0.05, 0.1) is 6.10 Å². The highest BCUT2D eigenvalue weighted by molar-refractivity contribution is 7.66. The van der Waals surface area contributed by atoms with Gasteiger partial charge in [-0.25, -0.2) is 18.5 Å². The fourth-order valence-electron chi connectivity index (χ4n) is 3.46. The van der Waals surface area contributed by atoms with Crippen LogP contribution in [0.3, 0.4) is 0 Å². The van der Waals surface area contributed by atoms with Crippen molar-refractivity contribution in [3.05, 3.63) is 32.6 Å². The van der Waals surface area contributed by atoms with Crippen LogP contribution in [0.2, 0.25) is 0 Å². The first-order valence-electron chi connectivity index (χ1n) is 9.35. The third-order valence-electron chi connectivity index (χ3n) is 4.56. The molecule has 1 fully saturated rings. The Balaban J connectivity index is 2.43. The second-order valence-electron chi connectivity index (χ2n) is 7.16. The molecule has 0 saturated carbocycles. The number of hydrogen-bond acceptors (Lipinski definition) is 11. The predicted octanol–water partition coefficient (Wildman–Crippen LogP) is -0.756. The fraction of sp³-hybridized carbons (Fsp3) is 0.600. The molecule has 2 rings (SSSR count). The van der Waals surface area contributed by atoms with Gasteiger partial charge in [-0.15, -0.1) is 5.92 Å². The molecular weight excluding hydrogens is 541 g/mol. The van der Waals surface area contributed by atoms with E-state index >= 15 is 0 Å². The van der Waals surface area contributed by atoms with Gasteiger partial charge in [-0.2, -0.15) is 8.62 Å². The maximum absolute atomic E-state index is 12.5. The van der Waals surface area contributed by atoms with E-state index in [9.17, 15) is 38.2 Å². The van der Waals surface area contributed by atoms with E-state index in [4.69, 9.17) is 23.8 Å². The largest absolute Gasteiger partial charge is 0.490 e. The van der Waals surface area contributed by atoms with Crippen LogP contribution < -0.4 is 11.2 Å². The minimum atomic E-state index is -5.78. The molecule has 0 amide bonds. The molecule has 1 aromatic rings. The molecular formula is C15H23N2O15P3. The molecule has 1 aromatic heterocycles. The molecule has 1 aliphatic heterocycles. The molecule has 3 unspecified atom stereocenters. The van der Waals surface area contributed by atoms with Crippen LogP contribution in [0.4, 0.5) is 0 Å². The Morgan fingerprint density at radius 2 is 1.77 bits per heavy atom. The molecule has 17 nitrogen and oxygen atoms in total. The first-order valence-corrected chi connectivity index (χ1v) is 13.9. The van der Waals surface area contributed by atoms with Gasteiger partial charge in [0.2, 0.25) is 0 Å². The molecule has 7 atom stereocenters. The van der Waals surface area contributed by atoms with Crippen molar-refractivity contribution in [2.24, 2.45) is 0 Å². The van der Waals surface area contributed by atoms with Crippen molar-refractivity contribution in [1.29, 1.82) is 0 Å². The number of phosphoric acid groups is 3. The van der Waals surface area contributed by atoms with E-state index in [0.29, 0.717) is 0 Å². The minimum Gasteiger partial charge on any atom is -0.374 e. The Hall–Kier alpha value is -1.47. The fourth-order valence-corrected chi connectivity index (χ4v) is 6.66. The Morgan fingerprint density at radius 3 is 2.26 bits per heavy atom. The third-order valence-corrected chi connectivity index (χ3v) is 8.48. The summed E-state index contributed by atoms with van der Waals surface area (Å²) in [7, 11) is -15.8. The van der Waals surface area contributed by atoms with Gasteiger partial charge in [0.1, 0.15) is 12.2 Å². The summed E-state index contributed by atoms with van der Waals surface area (Å²) in [5.41, 5.74) is -3.94. The average Bonchev–Trinajstić information content (AvgIpc) is 2.90. The van der Waals surface area contributed by atoms with E-state index < -0.39 is 64.9 Å². The molecule has 0 aliphatic carbocycles. The highest BCUT2D eigenvalue weighted by atomic mass is 31.3. The number of aryl methyl sites for hydroxylation is 1.